The first kappa shape index (κ1) is 19.1. The van der Waals surface area contributed by atoms with Crippen molar-refractivity contribution in [3.05, 3.63) is 59.7 Å². The largest absolute Gasteiger partial charge is 0.573 e. The monoisotopic (exact) mass is 379 g/mol. The first-order chi connectivity index (χ1) is 12.9. The summed E-state index contributed by atoms with van der Waals surface area (Å²) in [7, 11) is 0. The third-order valence-electron chi connectivity index (χ3n) is 4.41. The number of nitrogens with zero attached hydrogens (tertiary/aromatic N) is 1. The average molecular weight is 379 g/mol. The van der Waals surface area contributed by atoms with Gasteiger partial charge >= 0.3 is 6.36 Å². The second kappa shape index (κ2) is 7.90. The van der Waals surface area contributed by atoms with Crippen molar-refractivity contribution < 1.29 is 27.4 Å². The van der Waals surface area contributed by atoms with Crippen LogP contribution in [-0.2, 0) is 11.3 Å². The highest BCUT2D eigenvalue weighted by Crippen LogP contribution is 2.35. The molecule has 1 fully saturated rings. The number of likely N-dealkylation sites (tertiary alicyclic amines) is 1. The molecule has 1 aliphatic heterocycles. The highest BCUT2D eigenvalue weighted by atomic mass is 19.4. The van der Waals surface area contributed by atoms with Gasteiger partial charge in [0.1, 0.15) is 11.5 Å². The molecule has 2 aromatic rings. The highest BCUT2D eigenvalue weighted by Gasteiger charge is 2.33. The summed E-state index contributed by atoms with van der Waals surface area (Å²) in [6.07, 6.45) is -3.56. The van der Waals surface area contributed by atoms with E-state index in [-0.39, 0.29) is 17.7 Å². The van der Waals surface area contributed by atoms with Crippen molar-refractivity contribution in [1.82, 2.24) is 4.90 Å². The molecule has 0 spiro atoms. The van der Waals surface area contributed by atoms with E-state index in [2.05, 4.69) is 4.74 Å². The van der Waals surface area contributed by atoms with E-state index in [4.69, 9.17) is 4.74 Å². The number of alkyl halides is 3. The number of benzene rings is 2. The predicted octanol–water partition coefficient (Wildman–Crippen LogP) is 4.85. The molecule has 1 saturated heterocycles. The molecule has 1 amide bonds. The summed E-state index contributed by atoms with van der Waals surface area (Å²) in [6, 6.07) is 13.2. The van der Waals surface area contributed by atoms with Crippen molar-refractivity contribution in [2.45, 2.75) is 38.7 Å². The molecule has 0 N–H and O–H groups in total. The normalized spacial score (nSPS) is 17.3. The fourth-order valence-corrected chi connectivity index (χ4v) is 3.22. The second-order valence-corrected chi connectivity index (χ2v) is 6.27. The van der Waals surface area contributed by atoms with Crippen LogP contribution in [0.1, 0.15) is 36.9 Å². The topological polar surface area (TPSA) is 38.8 Å². The van der Waals surface area contributed by atoms with Crippen LogP contribution in [0.3, 0.4) is 0 Å². The number of amides is 1. The van der Waals surface area contributed by atoms with Crippen LogP contribution in [0.25, 0.3) is 0 Å². The molecular weight excluding hydrogens is 359 g/mol. The van der Waals surface area contributed by atoms with Crippen LogP contribution in [0.5, 0.6) is 11.5 Å². The average Bonchev–Trinajstić information content (AvgIpc) is 2.97. The first-order valence-electron chi connectivity index (χ1n) is 8.72. The zero-order valence-electron chi connectivity index (χ0n) is 14.8. The van der Waals surface area contributed by atoms with Crippen LogP contribution >= 0.6 is 0 Å². The van der Waals surface area contributed by atoms with Gasteiger partial charge in [-0.25, -0.2) is 0 Å². The molecule has 3 rings (SSSR count). The van der Waals surface area contributed by atoms with Gasteiger partial charge in [0.15, 0.2) is 0 Å². The molecule has 0 radical (unpaired) electrons. The minimum Gasteiger partial charge on any atom is -0.494 e. The van der Waals surface area contributed by atoms with Crippen molar-refractivity contribution in [1.29, 1.82) is 0 Å². The number of halogens is 3. The fraction of sp³-hybridized carbons (Fsp3) is 0.350. The van der Waals surface area contributed by atoms with Gasteiger partial charge in [0.05, 0.1) is 12.6 Å². The van der Waals surface area contributed by atoms with Crippen LogP contribution < -0.4 is 9.47 Å². The number of ether oxygens (including phenoxy) is 2. The van der Waals surface area contributed by atoms with E-state index in [1.165, 1.54) is 12.1 Å². The number of rotatable bonds is 6. The molecular formula is C20H20F3NO3. The van der Waals surface area contributed by atoms with Gasteiger partial charge < -0.3 is 14.4 Å². The smallest absolute Gasteiger partial charge is 0.494 e. The number of carbonyl (C=O) groups is 1. The Balaban J connectivity index is 1.71. The van der Waals surface area contributed by atoms with Gasteiger partial charge in [-0.1, -0.05) is 24.3 Å². The summed E-state index contributed by atoms with van der Waals surface area (Å²) >= 11 is 0. The van der Waals surface area contributed by atoms with E-state index in [1.54, 1.807) is 17.0 Å². The Labute approximate surface area is 155 Å². The lowest BCUT2D eigenvalue weighted by molar-refractivity contribution is -0.274. The van der Waals surface area contributed by atoms with Gasteiger partial charge in [0, 0.05) is 13.0 Å². The maximum absolute atomic E-state index is 12.3. The molecule has 1 unspecified atom stereocenters. The Morgan fingerprint density at radius 1 is 1.04 bits per heavy atom. The van der Waals surface area contributed by atoms with E-state index in [0.717, 1.165) is 16.9 Å². The molecule has 0 saturated carbocycles. The lowest BCUT2D eigenvalue weighted by Gasteiger charge is -2.25. The molecule has 4 nitrogen and oxygen atoms in total. The molecule has 7 heteroatoms. The summed E-state index contributed by atoms with van der Waals surface area (Å²) in [5, 5.41) is 0. The second-order valence-electron chi connectivity index (χ2n) is 6.27. The maximum atomic E-state index is 12.3. The number of hydrogen-bond acceptors (Lipinski definition) is 3. The van der Waals surface area contributed by atoms with Gasteiger partial charge in [-0.3, -0.25) is 4.79 Å². The van der Waals surface area contributed by atoms with E-state index >= 15 is 0 Å². The first-order valence-corrected chi connectivity index (χ1v) is 8.72. The number of hydrogen-bond donors (Lipinski definition) is 0. The van der Waals surface area contributed by atoms with Gasteiger partial charge in [-0.05, 0) is 48.7 Å². The van der Waals surface area contributed by atoms with E-state index < -0.39 is 6.36 Å². The van der Waals surface area contributed by atoms with Gasteiger partial charge in [0.25, 0.3) is 0 Å². The van der Waals surface area contributed by atoms with Gasteiger partial charge in [0.2, 0.25) is 5.91 Å². The van der Waals surface area contributed by atoms with E-state index in [1.807, 2.05) is 31.2 Å². The standard InChI is InChI=1S/C20H20F3NO3/c1-2-26-16-9-5-15(6-10-16)18-11-12-19(25)24(18)13-14-3-7-17(8-4-14)27-20(21,22)23/h3-10,18H,2,11-13H2,1H3. The van der Waals surface area contributed by atoms with Gasteiger partial charge in [-0.2, -0.15) is 0 Å². The molecule has 1 atom stereocenters. The molecule has 2 aromatic carbocycles. The molecule has 27 heavy (non-hydrogen) atoms. The predicted molar refractivity (Wildman–Crippen MR) is 93.3 cm³/mol. The summed E-state index contributed by atoms with van der Waals surface area (Å²) in [6.45, 7) is 2.83. The maximum Gasteiger partial charge on any atom is 0.573 e. The highest BCUT2D eigenvalue weighted by molar-refractivity contribution is 5.79. The quantitative estimate of drug-likeness (QED) is 0.720. The number of carbonyl (C=O) groups excluding carboxylic acids is 1. The summed E-state index contributed by atoms with van der Waals surface area (Å²) < 4.78 is 46.1. The van der Waals surface area contributed by atoms with Crippen LogP contribution in [0.2, 0.25) is 0 Å². The summed E-state index contributed by atoms with van der Waals surface area (Å²) in [5.74, 6) is 0.531. The zero-order chi connectivity index (χ0) is 19.4. The zero-order valence-corrected chi connectivity index (χ0v) is 14.8. The van der Waals surface area contributed by atoms with Crippen LogP contribution in [0.4, 0.5) is 13.2 Å². The Morgan fingerprint density at radius 3 is 2.26 bits per heavy atom. The van der Waals surface area contributed by atoms with Crippen molar-refractivity contribution in [2.24, 2.45) is 0 Å². The van der Waals surface area contributed by atoms with Crippen LogP contribution in [0, 0.1) is 0 Å². The van der Waals surface area contributed by atoms with E-state index in [0.29, 0.717) is 26.0 Å². The molecule has 0 aromatic heterocycles. The van der Waals surface area contributed by atoms with Crippen molar-refractivity contribution in [3.63, 3.8) is 0 Å². The summed E-state index contributed by atoms with van der Waals surface area (Å²) in [4.78, 5) is 14.1. The molecule has 1 aliphatic rings. The summed E-state index contributed by atoms with van der Waals surface area (Å²) in [5.41, 5.74) is 1.76. The minimum atomic E-state index is -4.72. The van der Waals surface area contributed by atoms with Crippen LogP contribution in [0.15, 0.2) is 48.5 Å². The Bertz CT molecular complexity index is 773. The Morgan fingerprint density at radius 2 is 1.67 bits per heavy atom. The van der Waals surface area contributed by atoms with Crippen molar-refractivity contribution in [3.8, 4) is 11.5 Å². The third-order valence-corrected chi connectivity index (χ3v) is 4.41. The van der Waals surface area contributed by atoms with Crippen LogP contribution in [-0.4, -0.2) is 23.8 Å². The lowest BCUT2D eigenvalue weighted by atomic mass is 10.0. The molecule has 1 heterocycles. The molecule has 0 aliphatic carbocycles. The van der Waals surface area contributed by atoms with Crippen molar-refractivity contribution >= 4 is 5.91 Å². The SMILES string of the molecule is CCOc1ccc(C2CCC(=O)N2Cc2ccc(OC(F)(F)F)cc2)cc1. The minimum absolute atomic E-state index is 0.0319. The fourth-order valence-electron chi connectivity index (χ4n) is 3.22. The molecule has 0 bridgehead atoms. The third kappa shape index (κ3) is 4.93. The lowest BCUT2D eigenvalue weighted by Crippen LogP contribution is -2.27. The van der Waals surface area contributed by atoms with Crippen molar-refractivity contribution in [2.75, 3.05) is 6.61 Å². The Kier molecular flexibility index (Phi) is 5.58. The molecule has 144 valence electrons. The van der Waals surface area contributed by atoms with E-state index in [9.17, 15) is 18.0 Å². The Hall–Kier alpha value is -2.70. The van der Waals surface area contributed by atoms with Gasteiger partial charge in [-0.15, -0.1) is 13.2 Å².